The monoisotopic (exact) mass is 374 g/mol. The Morgan fingerprint density at radius 1 is 1.07 bits per heavy atom. The molecule has 0 radical (unpaired) electrons. The summed E-state index contributed by atoms with van der Waals surface area (Å²) >= 11 is 0. The molecule has 0 aromatic heterocycles. The van der Waals surface area contributed by atoms with Crippen molar-refractivity contribution in [2.75, 3.05) is 18.6 Å². The summed E-state index contributed by atoms with van der Waals surface area (Å²) in [6, 6.07) is 19.4. The van der Waals surface area contributed by atoms with Crippen LogP contribution in [0.25, 0.3) is 10.8 Å². The zero-order valence-electron chi connectivity index (χ0n) is 15.8. The second-order valence-electron chi connectivity index (χ2n) is 6.90. The van der Waals surface area contributed by atoms with Crippen LogP contribution < -0.4 is 15.0 Å². The van der Waals surface area contributed by atoms with Crippen molar-refractivity contribution in [3.63, 3.8) is 0 Å². The minimum atomic E-state index is -0.179. The van der Waals surface area contributed by atoms with Crippen molar-refractivity contribution in [1.29, 1.82) is 0 Å². The number of nitrogens with zero attached hydrogens (tertiary/aromatic N) is 1. The Morgan fingerprint density at radius 3 is 2.43 bits per heavy atom. The van der Waals surface area contributed by atoms with Gasteiger partial charge >= 0.3 is 0 Å². The fourth-order valence-electron chi connectivity index (χ4n) is 3.56. The standard InChI is InChI=1S/C23H22N2O3/c1-28-21-14-18-6-3-2-5-17(18)13-20(21)23(27)24-15-16-8-10-19(11-9-16)25-12-4-7-22(25)26/h2-3,5-6,8-11,13-14H,4,7,12,15H2,1H3,(H,24,27). The molecule has 0 saturated carbocycles. The van der Waals surface area contributed by atoms with Gasteiger partial charge in [-0.2, -0.15) is 0 Å². The number of rotatable bonds is 5. The summed E-state index contributed by atoms with van der Waals surface area (Å²) in [6.45, 7) is 1.18. The minimum Gasteiger partial charge on any atom is -0.496 e. The summed E-state index contributed by atoms with van der Waals surface area (Å²) in [5.74, 6) is 0.546. The van der Waals surface area contributed by atoms with E-state index in [0.29, 0.717) is 24.3 Å². The molecule has 3 aromatic rings. The van der Waals surface area contributed by atoms with Gasteiger partial charge in [0.15, 0.2) is 0 Å². The van der Waals surface area contributed by atoms with Gasteiger partial charge in [-0.15, -0.1) is 0 Å². The van der Waals surface area contributed by atoms with Gasteiger partial charge in [-0.3, -0.25) is 9.59 Å². The molecule has 0 atom stereocenters. The molecule has 0 bridgehead atoms. The summed E-state index contributed by atoms with van der Waals surface area (Å²) in [4.78, 5) is 26.4. The van der Waals surface area contributed by atoms with E-state index in [9.17, 15) is 9.59 Å². The first kappa shape index (κ1) is 18.0. The Balaban J connectivity index is 1.47. The predicted octanol–water partition coefficient (Wildman–Crippen LogP) is 3.91. The number of amides is 2. The maximum absolute atomic E-state index is 12.7. The Bertz CT molecular complexity index is 1030. The quantitative estimate of drug-likeness (QED) is 0.737. The fraction of sp³-hybridized carbons (Fsp3) is 0.217. The lowest BCUT2D eigenvalue weighted by Gasteiger charge is -2.16. The van der Waals surface area contributed by atoms with Crippen LogP contribution in [-0.4, -0.2) is 25.5 Å². The summed E-state index contributed by atoms with van der Waals surface area (Å²) in [5.41, 5.74) is 2.40. The molecule has 4 rings (SSSR count). The van der Waals surface area contributed by atoms with Crippen LogP contribution in [0.4, 0.5) is 5.69 Å². The molecular formula is C23H22N2O3. The summed E-state index contributed by atoms with van der Waals surface area (Å²) in [7, 11) is 1.57. The van der Waals surface area contributed by atoms with E-state index in [1.165, 1.54) is 0 Å². The third kappa shape index (κ3) is 3.56. The molecule has 3 aromatic carbocycles. The number of nitrogens with one attached hydrogen (secondary N) is 1. The number of benzene rings is 3. The van der Waals surface area contributed by atoms with Gasteiger partial charge in [0.25, 0.3) is 5.91 Å². The molecule has 0 unspecified atom stereocenters. The molecule has 1 aliphatic rings. The normalized spacial score (nSPS) is 13.8. The fourth-order valence-corrected chi connectivity index (χ4v) is 3.56. The number of carbonyl (C=O) groups is 2. The van der Waals surface area contributed by atoms with Gasteiger partial charge in [0.05, 0.1) is 12.7 Å². The lowest BCUT2D eigenvalue weighted by atomic mass is 10.1. The van der Waals surface area contributed by atoms with Crippen LogP contribution >= 0.6 is 0 Å². The van der Waals surface area contributed by atoms with E-state index in [2.05, 4.69) is 5.32 Å². The number of anilines is 1. The topological polar surface area (TPSA) is 58.6 Å². The smallest absolute Gasteiger partial charge is 0.255 e. The molecule has 1 N–H and O–H groups in total. The average Bonchev–Trinajstić information content (AvgIpc) is 3.17. The zero-order chi connectivity index (χ0) is 19.5. The number of fused-ring (bicyclic) bond motifs is 1. The number of carbonyl (C=O) groups excluding carboxylic acids is 2. The average molecular weight is 374 g/mol. The lowest BCUT2D eigenvalue weighted by Crippen LogP contribution is -2.24. The number of methoxy groups -OCH3 is 1. The van der Waals surface area contributed by atoms with E-state index < -0.39 is 0 Å². The Morgan fingerprint density at radius 2 is 1.79 bits per heavy atom. The minimum absolute atomic E-state index is 0.171. The van der Waals surface area contributed by atoms with E-state index >= 15 is 0 Å². The van der Waals surface area contributed by atoms with Gasteiger partial charge in [-0.1, -0.05) is 36.4 Å². The van der Waals surface area contributed by atoms with Crippen molar-refractivity contribution in [1.82, 2.24) is 5.32 Å². The lowest BCUT2D eigenvalue weighted by molar-refractivity contribution is -0.117. The third-order valence-electron chi connectivity index (χ3n) is 5.09. The van der Waals surface area contributed by atoms with Gasteiger partial charge < -0.3 is 15.0 Å². The highest BCUT2D eigenvalue weighted by atomic mass is 16.5. The first-order chi connectivity index (χ1) is 13.7. The summed E-state index contributed by atoms with van der Waals surface area (Å²) in [5, 5.41) is 4.98. The van der Waals surface area contributed by atoms with Crippen LogP contribution in [0.2, 0.25) is 0 Å². The maximum Gasteiger partial charge on any atom is 0.255 e. The Labute approximate surface area is 163 Å². The van der Waals surface area contributed by atoms with Crippen LogP contribution in [0.5, 0.6) is 5.75 Å². The molecule has 1 fully saturated rings. The summed E-state index contributed by atoms with van der Waals surface area (Å²) < 4.78 is 5.41. The van der Waals surface area contributed by atoms with Gasteiger partial charge in [0.2, 0.25) is 5.91 Å². The third-order valence-corrected chi connectivity index (χ3v) is 5.09. The predicted molar refractivity (Wildman–Crippen MR) is 110 cm³/mol. The maximum atomic E-state index is 12.7. The number of hydrogen-bond donors (Lipinski definition) is 1. The van der Waals surface area contributed by atoms with Gasteiger partial charge in [-0.25, -0.2) is 0 Å². The highest BCUT2D eigenvalue weighted by Gasteiger charge is 2.21. The molecule has 1 saturated heterocycles. The number of hydrogen-bond acceptors (Lipinski definition) is 3. The Kier molecular flexibility index (Phi) is 4.98. The van der Waals surface area contributed by atoms with Crippen LogP contribution in [-0.2, 0) is 11.3 Å². The number of ether oxygens (including phenoxy) is 1. The van der Waals surface area contributed by atoms with Crippen molar-refractivity contribution >= 4 is 28.3 Å². The van der Waals surface area contributed by atoms with Crippen molar-refractivity contribution in [3.8, 4) is 5.75 Å². The van der Waals surface area contributed by atoms with Crippen molar-refractivity contribution in [2.24, 2.45) is 0 Å². The van der Waals surface area contributed by atoms with Crippen molar-refractivity contribution in [2.45, 2.75) is 19.4 Å². The molecule has 142 valence electrons. The van der Waals surface area contributed by atoms with Crippen LogP contribution in [0, 0.1) is 0 Å². The van der Waals surface area contributed by atoms with Gasteiger partial charge in [-0.05, 0) is 47.0 Å². The molecule has 1 heterocycles. The van der Waals surface area contributed by atoms with E-state index in [1.54, 1.807) is 7.11 Å². The Hall–Kier alpha value is -3.34. The highest BCUT2D eigenvalue weighted by molar-refractivity contribution is 6.01. The highest BCUT2D eigenvalue weighted by Crippen LogP contribution is 2.26. The largest absolute Gasteiger partial charge is 0.496 e. The SMILES string of the molecule is COc1cc2ccccc2cc1C(=O)NCc1ccc(N2CCCC2=O)cc1. The van der Waals surface area contributed by atoms with Crippen LogP contribution in [0.1, 0.15) is 28.8 Å². The molecule has 5 nitrogen and oxygen atoms in total. The first-order valence-electron chi connectivity index (χ1n) is 9.40. The second kappa shape index (κ2) is 7.72. The van der Waals surface area contributed by atoms with Crippen LogP contribution in [0.15, 0.2) is 60.7 Å². The molecule has 5 heteroatoms. The molecular weight excluding hydrogens is 352 g/mol. The van der Waals surface area contributed by atoms with E-state index in [-0.39, 0.29) is 11.8 Å². The van der Waals surface area contributed by atoms with E-state index in [0.717, 1.165) is 35.0 Å². The van der Waals surface area contributed by atoms with Crippen molar-refractivity contribution < 1.29 is 14.3 Å². The molecule has 28 heavy (non-hydrogen) atoms. The molecule has 1 aliphatic heterocycles. The molecule has 2 amide bonds. The van der Waals surface area contributed by atoms with Gasteiger partial charge in [0, 0.05) is 25.2 Å². The van der Waals surface area contributed by atoms with Crippen LogP contribution in [0.3, 0.4) is 0 Å². The van der Waals surface area contributed by atoms with Crippen molar-refractivity contribution in [3.05, 3.63) is 71.8 Å². The van der Waals surface area contributed by atoms with E-state index in [1.807, 2.05) is 65.6 Å². The van der Waals surface area contributed by atoms with Gasteiger partial charge in [0.1, 0.15) is 5.75 Å². The van der Waals surface area contributed by atoms with E-state index in [4.69, 9.17) is 4.74 Å². The summed E-state index contributed by atoms with van der Waals surface area (Å²) in [6.07, 6.45) is 1.52. The second-order valence-corrected chi connectivity index (χ2v) is 6.90. The zero-order valence-corrected chi connectivity index (χ0v) is 15.8. The first-order valence-corrected chi connectivity index (χ1v) is 9.40. The molecule has 0 spiro atoms. The molecule has 0 aliphatic carbocycles.